The van der Waals surface area contributed by atoms with Crippen molar-refractivity contribution in [2.75, 3.05) is 26.2 Å². The van der Waals surface area contributed by atoms with E-state index < -0.39 is 97.1 Å². The number of halogens is 9. The van der Waals surface area contributed by atoms with Crippen molar-refractivity contribution in [2.45, 2.75) is 53.5 Å². The Kier molecular flexibility index (Phi) is 10.2. The Labute approximate surface area is 285 Å². The van der Waals surface area contributed by atoms with Gasteiger partial charge in [0.15, 0.2) is 9.84 Å². The van der Waals surface area contributed by atoms with Gasteiger partial charge in [-0.2, -0.15) is 26.3 Å². The number of carboxylic acids is 1. The van der Waals surface area contributed by atoms with Gasteiger partial charge in [0, 0.05) is 37.3 Å². The zero-order valence-electron chi connectivity index (χ0n) is 26.3. The minimum absolute atomic E-state index is 0.0342. The minimum atomic E-state index is -6.25. The second-order valence-corrected chi connectivity index (χ2v) is 14.5. The van der Waals surface area contributed by atoms with Crippen LogP contribution in [0.2, 0.25) is 0 Å². The number of piperidine rings is 1. The van der Waals surface area contributed by atoms with Crippen molar-refractivity contribution in [3.63, 3.8) is 0 Å². The van der Waals surface area contributed by atoms with E-state index in [2.05, 4.69) is 4.74 Å². The monoisotopic (exact) mass is 752 g/mol. The van der Waals surface area contributed by atoms with E-state index in [1.165, 1.54) is 4.90 Å². The minimum Gasteiger partial charge on any atom is -0.481 e. The van der Waals surface area contributed by atoms with Crippen LogP contribution < -0.4 is 0 Å². The lowest BCUT2D eigenvalue weighted by Crippen LogP contribution is -2.56. The molecule has 3 aromatic rings. The number of urea groups is 1. The van der Waals surface area contributed by atoms with Crippen LogP contribution >= 0.6 is 0 Å². The molecule has 3 aromatic carbocycles. The third kappa shape index (κ3) is 6.74. The van der Waals surface area contributed by atoms with Gasteiger partial charge in [0.25, 0.3) is 5.60 Å². The van der Waals surface area contributed by atoms with Gasteiger partial charge in [-0.3, -0.25) is 4.79 Å². The molecule has 0 aliphatic carbocycles. The fraction of sp³-hybridized carbons (Fsp3) is 0.394. The number of aliphatic carboxylic acids is 1. The number of benzene rings is 3. The summed E-state index contributed by atoms with van der Waals surface area (Å²) in [4.78, 5) is 26.9. The molecule has 2 amide bonds. The highest BCUT2D eigenvalue weighted by Gasteiger charge is 2.73. The molecule has 0 spiro atoms. The molecular weight excluding hydrogens is 723 g/mol. The van der Waals surface area contributed by atoms with Crippen LogP contribution in [0.15, 0.2) is 71.6 Å². The summed E-state index contributed by atoms with van der Waals surface area (Å²) < 4.78 is 160. The molecule has 0 aromatic heterocycles. The van der Waals surface area contributed by atoms with Crippen LogP contribution in [0.5, 0.6) is 0 Å². The molecule has 5 rings (SSSR count). The fourth-order valence-electron chi connectivity index (χ4n) is 6.51. The van der Waals surface area contributed by atoms with Crippen LogP contribution in [0.25, 0.3) is 0 Å². The molecule has 1 N–H and O–H groups in total. The SMILES string of the molecule is O=C(O)C1CCN(C(=O)N2CC[C@](c3ccc(C(OCc4c(F)cccc4F)(C(F)(F)F)C(F)(F)F)cc3)(S(=O)(=O)c3ccc(F)cc3)C2)CC1. The molecule has 18 heteroatoms. The van der Waals surface area contributed by atoms with Gasteiger partial charge in [-0.25, -0.2) is 26.4 Å². The van der Waals surface area contributed by atoms with Gasteiger partial charge in [-0.1, -0.05) is 30.3 Å². The lowest BCUT2D eigenvalue weighted by molar-refractivity contribution is -0.392. The summed E-state index contributed by atoms with van der Waals surface area (Å²) in [6, 6.07) is 7.07. The smallest absolute Gasteiger partial charge is 0.430 e. The maximum atomic E-state index is 14.5. The molecule has 0 bridgehead atoms. The first-order valence-electron chi connectivity index (χ1n) is 15.3. The third-order valence-electron chi connectivity index (χ3n) is 9.37. The van der Waals surface area contributed by atoms with Crippen molar-refractivity contribution in [2.24, 2.45) is 5.92 Å². The maximum Gasteiger partial charge on any atom is 0.430 e. The summed E-state index contributed by atoms with van der Waals surface area (Å²) in [5.74, 6) is -5.45. The number of hydrogen-bond donors (Lipinski definition) is 1. The molecule has 8 nitrogen and oxygen atoms in total. The first-order chi connectivity index (χ1) is 23.7. The summed E-state index contributed by atoms with van der Waals surface area (Å²) in [5, 5.41) is 9.28. The predicted octanol–water partition coefficient (Wildman–Crippen LogP) is 6.93. The van der Waals surface area contributed by atoms with Gasteiger partial charge in [0.05, 0.1) is 17.4 Å². The number of carbonyl (C=O) groups excluding carboxylic acids is 1. The maximum absolute atomic E-state index is 14.5. The molecule has 2 aliphatic heterocycles. The number of amides is 2. The highest BCUT2D eigenvalue weighted by molar-refractivity contribution is 7.92. The molecule has 0 saturated carbocycles. The Morgan fingerprint density at radius 3 is 1.86 bits per heavy atom. The van der Waals surface area contributed by atoms with Crippen LogP contribution in [-0.2, 0) is 36.3 Å². The molecule has 0 radical (unpaired) electrons. The van der Waals surface area contributed by atoms with Crippen molar-refractivity contribution >= 4 is 21.8 Å². The van der Waals surface area contributed by atoms with E-state index in [0.29, 0.717) is 36.4 Å². The first-order valence-corrected chi connectivity index (χ1v) is 16.8. The van der Waals surface area contributed by atoms with Gasteiger partial charge < -0.3 is 19.6 Å². The number of nitrogens with zero attached hydrogens (tertiary/aromatic N) is 2. The largest absolute Gasteiger partial charge is 0.481 e. The second-order valence-electron chi connectivity index (χ2n) is 12.2. The van der Waals surface area contributed by atoms with Gasteiger partial charge in [0.2, 0.25) is 0 Å². The number of hydrogen-bond acceptors (Lipinski definition) is 5. The van der Waals surface area contributed by atoms with Crippen LogP contribution in [0.3, 0.4) is 0 Å². The Morgan fingerprint density at radius 1 is 0.804 bits per heavy atom. The zero-order chi connectivity index (χ0) is 37.6. The number of carbonyl (C=O) groups is 2. The summed E-state index contributed by atoms with van der Waals surface area (Å²) in [6.45, 7) is -2.56. The van der Waals surface area contributed by atoms with Gasteiger partial charge in [-0.05, 0) is 61.2 Å². The van der Waals surface area contributed by atoms with Gasteiger partial charge in [0.1, 0.15) is 22.2 Å². The van der Waals surface area contributed by atoms with Crippen molar-refractivity contribution < 1.29 is 67.4 Å². The van der Waals surface area contributed by atoms with Crippen LogP contribution in [0, 0.1) is 23.4 Å². The van der Waals surface area contributed by atoms with E-state index in [4.69, 9.17) is 0 Å². The van der Waals surface area contributed by atoms with Crippen LogP contribution in [0.1, 0.15) is 36.0 Å². The normalized spacial score (nSPS) is 19.4. The van der Waals surface area contributed by atoms with Crippen molar-refractivity contribution in [1.29, 1.82) is 0 Å². The summed E-state index contributed by atoms with van der Waals surface area (Å²) in [6.07, 6.45) is -12.6. The molecule has 2 saturated heterocycles. The van der Waals surface area contributed by atoms with E-state index in [0.717, 1.165) is 35.2 Å². The number of likely N-dealkylation sites (tertiary alicyclic amines) is 2. The molecule has 51 heavy (non-hydrogen) atoms. The summed E-state index contributed by atoms with van der Waals surface area (Å²) >= 11 is 0. The van der Waals surface area contributed by atoms with E-state index in [-0.39, 0.29) is 44.5 Å². The Morgan fingerprint density at radius 2 is 1.35 bits per heavy atom. The van der Waals surface area contributed by atoms with Crippen molar-refractivity contribution in [3.8, 4) is 0 Å². The highest BCUT2D eigenvalue weighted by Crippen LogP contribution is 2.54. The van der Waals surface area contributed by atoms with Crippen molar-refractivity contribution in [1.82, 2.24) is 9.80 Å². The third-order valence-corrected chi connectivity index (χ3v) is 11.9. The lowest BCUT2D eigenvalue weighted by Gasteiger charge is -2.38. The number of rotatable bonds is 8. The lowest BCUT2D eigenvalue weighted by atomic mass is 9.88. The molecule has 0 unspecified atom stereocenters. The van der Waals surface area contributed by atoms with Gasteiger partial charge >= 0.3 is 24.4 Å². The molecule has 2 fully saturated rings. The zero-order valence-corrected chi connectivity index (χ0v) is 27.1. The van der Waals surface area contributed by atoms with Gasteiger partial charge in [-0.15, -0.1) is 0 Å². The topological polar surface area (TPSA) is 104 Å². The molecule has 2 aliphatic rings. The van der Waals surface area contributed by atoms with Crippen LogP contribution in [-0.4, -0.2) is 73.9 Å². The molecule has 276 valence electrons. The average Bonchev–Trinajstić information content (AvgIpc) is 3.53. The predicted molar refractivity (Wildman–Crippen MR) is 160 cm³/mol. The summed E-state index contributed by atoms with van der Waals surface area (Å²) in [7, 11) is -4.66. The summed E-state index contributed by atoms with van der Waals surface area (Å²) in [5.41, 5.74) is -8.21. The molecular formula is C33H29F9N2O6S. The van der Waals surface area contributed by atoms with Crippen molar-refractivity contribution in [3.05, 3.63) is 101 Å². The highest BCUT2D eigenvalue weighted by atomic mass is 32.2. The first kappa shape index (κ1) is 37.9. The number of alkyl halides is 6. The number of carboxylic acid groups (broad SMARTS) is 1. The van der Waals surface area contributed by atoms with E-state index in [9.17, 15) is 62.6 Å². The van der Waals surface area contributed by atoms with E-state index in [1.54, 1.807) is 0 Å². The molecule has 2 heterocycles. The Bertz CT molecular complexity index is 1840. The Balaban J connectivity index is 1.56. The van der Waals surface area contributed by atoms with E-state index >= 15 is 0 Å². The number of ether oxygens (including phenoxy) is 1. The fourth-order valence-corrected chi connectivity index (χ4v) is 8.58. The van der Waals surface area contributed by atoms with Crippen LogP contribution in [0.4, 0.5) is 44.3 Å². The Hall–Kier alpha value is -4.32. The standard InChI is InChI=1S/C33H29F9N2O6S/c34-23-8-10-24(11-9-23)51(48,49)30(14-17-44(19-30)29(47)43-15-12-20(13-16-43)28(45)46)21-4-6-22(7-5-21)31(32(37,38)39,33(40,41)42)50-18-25-26(35)2-1-3-27(25)36/h1-11,20H,12-19H2,(H,45,46)/t30-/m0/s1. The quantitative estimate of drug-likeness (QED) is 0.198. The number of sulfone groups is 1. The average molecular weight is 753 g/mol. The molecule has 1 atom stereocenters. The van der Waals surface area contributed by atoms with E-state index in [1.807, 2.05) is 0 Å². The second kappa shape index (κ2) is 13.7.